The molecule has 2 aromatic heterocycles. The molecule has 2 aliphatic rings. The molecule has 0 saturated heterocycles. The van der Waals surface area contributed by atoms with Crippen LogP contribution in [0.15, 0.2) is 40.7 Å². The summed E-state index contributed by atoms with van der Waals surface area (Å²) in [6, 6.07) is 4.40. The zero-order valence-corrected chi connectivity index (χ0v) is 20.1. The van der Waals surface area contributed by atoms with Crippen molar-refractivity contribution in [3.63, 3.8) is 0 Å². The lowest BCUT2D eigenvalue weighted by Crippen LogP contribution is -2.38. The summed E-state index contributed by atoms with van der Waals surface area (Å²) >= 11 is 0. The Morgan fingerprint density at radius 3 is 2.57 bits per heavy atom. The second-order valence-corrected chi connectivity index (χ2v) is 11.1. The molecule has 0 spiro atoms. The van der Waals surface area contributed by atoms with E-state index in [1.54, 1.807) is 24.0 Å². The largest absolute Gasteiger partial charge is 0.345 e. The fourth-order valence-electron chi connectivity index (χ4n) is 4.58. The maximum Gasteiger partial charge on any atom is 0.261 e. The Kier molecular flexibility index (Phi) is 5.59. The predicted octanol–water partition coefficient (Wildman–Crippen LogP) is 2.13. The molecule has 11 heteroatoms. The molecule has 1 saturated carbocycles. The Morgan fingerprint density at radius 2 is 1.97 bits per heavy atom. The number of hydrogen-bond acceptors (Lipinski definition) is 6. The highest BCUT2D eigenvalue weighted by atomic mass is 32.2. The number of hydrogen-bond donors (Lipinski definition) is 3. The van der Waals surface area contributed by atoms with Gasteiger partial charge in [0.1, 0.15) is 5.56 Å². The lowest BCUT2D eigenvalue weighted by molar-refractivity contribution is 0.0945. The normalized spacial score (nSPS) is 19.0. The average molecular weight is 496 g/mol. The first kappa shape index (κ1) is 23.0. The molecule has 182 valence electrons. The van der Waals surface area contributed by atoms with E-state index in [0.29, 0.717) is 22.3 Å². The number of amides is 2. The molecular weight excluding hydrogens is 470 g/mol. The number of anilines is 1. The molecule has 3 N–H and O–H groups in total. The Labute approximate surface area is 201 Å². The van der Waals surface area contributed by atoms with Crippen molar-refractivity contribution in [3.05, 3.63) is 68.5 Å². The van der Waals surface area contributed by atoms with Crippen LogP contribution in [0.3, 0.4) is 0 Å². The molecule has 0 bridgehead atoms. The van der Waals surface area contributed by atoms with Crippen molar-refractivity contribution >= 4 is 38.4 Å². The van der Waals surface area contributed by atoms with Crippen LogP contribution in [0.4, 0.5) is 5.82 Å². The van der Waals surface area contributed by atoms with E-state index in [1.807, 2.05) is 13.0 Å². The maximum atomic E-state index is 13.4. The number of nitrogens with zero attached hydrogens (tertiary/aromatic N) is 2. The van der Waals surface area contributed by atoms with Crippen LogP contribution in [-0.2, 0) is 16.9 Å². The quantitative estimate of drug-likeness (QED) is 0.495. The summed E-state index contributed by atoms with van der Waals surface area (Å²) in [5, 5.41) is 11.3. The molecule has 1 aliphatic heterocycles. The molecule has 0 unspecified atom stereocenters. The van der Waals surface area contributed by atoms with Crippen molar-refractivity contribution in [1.82, 2.24) is 20.1 Å². The number of aryl methyl sites for hydroxylation is 2. The third-order valence-corrected chi connectivity index (χ3v) is 7.96. The summed E-state index contributed by atoms with van der Waals surface area (Å²) in [6.45, 7) is 1.84. The minimum absolute atomic E-state index is 0.154. The number of benzene rings is 1. The van der Waals surface area contributed by atoms with E-state index >= 15 is 0 Å². The van der Waals surface area contributed by atoms with E-state index in [2.05, 4.69) is 20.7 Å². The van der Waals surface area contributed by atoms with Crippen molar-refractivity contribution in [3.8, 4) is 0 Å². The van der Waals surface area contributed by atoms with E-state index in [-0.39, 0.29) is 23.1 Å². The highest BCUT2D eigenvalue weighted by Gasteiger charge is 2.29. The summed E-state index contributed by atoms with van der Waals surface area (Å²) in [6.07, 6.45) is 6.16. The van der Waals surface area contributed by atoms with Gasteiger partial charge in [-0.05, 0) is 48.8 Å². The highest BCUT2D eigenvalue weighted by Crippen LogP contribution is 2.40. The number of carbonyl (C=O) groups is 2. The number of rotatable bonds is 5. The fraction of sp³-hybridized carbons (Fsp3) is 0.333. The van der Waals surface area contributed by atoms with Crippen molar-refractivity contribution in [2.24, 2.45) is 7.05 Å². The molecule has 1 fully saturated rings. The predicted molar refractivity (Wildman–Crippen MR) is 131 cm³/mol. The highest BCUT2D eigenvalue weighted by molar-refractivity contribution is 7.94. The zero-order valence-electron chi connectivity index (χ0n) is 19.3. The van der Waals surface area contributed by atoms with Gasteiger partial charge in [-0.25, -0.2) is 8.42 Å². The van der Waals surface area contributed by atoms with Crippen molar-refractivity contribution < 1.29 is 18.0 Å². The summed E-state index contributed by atoms with van der Waals surface area (Å²) in [7, 11) is -1.59. The van der Waals surface area contributed by atoms with Crippen LogP contribution >= 0.6 is 0 Å². The molecule has 2 amide bonds. The average Bonchev–Trinajstić information content (AvgIpc) is 3.25. The van der Waals surface area contributed by atoms with E-state index in [1.165, 1.54) is 12.1 Å². The van der Waals surface area contributed by atoms with Gasteiger partial charge in [0, 0.05) is 24.2 Å². The van der Waals surface area contributed by atoms with Crippen LogP contribution < -0.4 is 16.2 Å². The first-order chi connectivity index (χ1) is 16.6. The Balaban J connectivity index is 1.53. The molecule has 0 radical (unpaired) electrons. The lowest BCUT2D eigenvalue weighted by atomic mass is 9.77. The molecule has 3 aromatic rings. The van der Waals surface area contributed by atoms with Crippen molar-refractivity contribution in [2.75, 3.05) is 11.1 Å². The Morgan fingerprint density at radius 1 is 1.20 bits per heavy atom. The number of carbonyl (C=O) groups excluding carboxylic acids is 2. The number of aromatic amines is 1. The van der Waals surface area contributed by atoms with E-state index in [0.717, 1.165) is 35.8 Å². The second-order valence-electron chi connectivity index (χ2n) is 9.16. The van der Waals surface area contributed by atoms with Gasteiger partial charge in [0.2, 0.25) is 0 Å². The number of pyridine rings is 1. The third kappa shape index (κ3) is 4.39. The summed E-state index contributed by atoms with van der Waals surface area (Å²) in [5.41, 5.74) is 1.56. The van der Waals surface area contributed by atoms with Gasteiger partial charge in [-0.3, -0.25) is 19.1 Å². The number of fused-ring (bicyclic) bond motifs is 1. The van der Waals surface area contributed by atoms with Gasteiger partial charge in [0.05, 0.1) is 22.9 Å². The second kappa shape index (κ2) is 8.49. The minimum atomic E-state index is -3.35. The lowest BCUT2D eigenvalue weighted by Gasteiger charge is -2.28. The fourth-order valence-corrected chi connectivity index (χ4v) is 5.81. The summed E-state index contributed by atoms with van der Waals surface area (Å²) in [5.74, 6) is -0.655. The van der Waals surface area contributed by atoms with Gasteiger partial charge in [-0.15, -0.1) is 0 Å². The Hall–Kier alpha value is -3.73. The zero-order chi connectivity index (χ0) is 24.9. The van der Waals surface area contributed by atoms with Crippen molar-refractivity contribution in [1.29, 1.82) is 0 Å². The topological polar surface area (TPSA) is 143 Å². The molecule has 5 rings (SSSR count). The smallest absolute Gasteiger partial charge is 0.261 e. The van der Waals surface area contributed by atoms with Gasteiger partial charge in [0.25, 0.3) is 17.4 Å². The molecule has 1 atom stereocenters. The van der Waals surface area contributed by atoms with Crippen LogP contribution in [0.1, 0.15) is 57.0 Å². The van der Waals surface area contributed by atoms with Crippen LogP contribution in [0.25, 0.3) is 10.9 Å². The number of sulfone groups is 1. The molecule has 1 aromatic carbocycles. The van der Waals surface area contributed by atoms with E-state index in [9.17, 15) is 22.8 Å². The molecule has 1 aliphatic carbocycles. The maximum absolute atomic E-state index is 13.4. The van der Waals surface area contributed by atoms with Crippen LogP contribution in [0.5, 0.6) is 0 Å². The third-order valence-electron chi connectivity index (χ3n) is 6.56. The first-order valence-corrected chi connectivity index (χ1v) is 13.1. The van der Waals surface area contributed by atoms with Gasteiger partial charge >= 0.3 is 0 Å². The van der Waals surface area contributed by atoms with Gasteiger partial charge in [-0.2, -0.15) is 5.10 Å². The van der Waals surface area contributed by atoms with Crippen LogP contribution in [0.2, 0.25) is 0 Å². The van der Waals surface area contributed by atoms with Crippen molar-refractivity contribution in [2.45, 2.75) is 38.1 Å². The number of H-pyrrole nitrogens is 1. The summed E-state index contributed by atoms with van der Waals surface area (Å²) < 4.78 is 24.9. The Bertz CT molecular complexity index is 1560. The van der Waals surface area contributed by atoms with E-state index in [4.69, 9.17) is 0 Å². The standard InChI is InChI=1S/C24H25N5O5S/c1-13-11-29(2)28-21(13)27-24(32)19-17(14-4-3-5-14)7-6-15-10-18(23(31)26-20(15)19)22(30)25-16-8-9-35(33,34)12-16/h6-11,14,16H,3-5,12H2,1-2H3,(H,25,30)(H,26,31)(H,27,28,32)/t16-/m1/s1. The SMILES string of the molecule is Cc1cn(C)nc1NC(=O)c1c(C2CCC2)ccc2cc(C(=O)N[C@@H]3C=CS(=O)(=O)C3)c(=O)[nH]c12. The van der Waals surface area contributed by atoms with Crippen LogP contribution in [0, 0.1) is 6.92 Å². The molecule has 3 heterocycles. The van der Waals surface area contributed by atoms with Gasteiger partial charge in [-0.1, -0.05) is 18.6 Å². The van der Waals surface area contributed by atoms with Crippen LogP contribution in [-0.4, -0.2) is 46.8 Å². The molecular formula is C24H25N5O5S. The minimum Gasteiger partial charge on any atom is -0.345 e. The van der Waals surface area contributed by atoms with Gasteiger partial charge in [0.15, 0.2) is 15.7 Å². The monoisotopic (exact) mass is 495 g/mol. The molecule has 10 nitrogen and oxygen atoms in total. The number of aromatic nitrogens is 3. The van der Waals surface area contributed by atoms with E-state index < -0.39 is 27.3 Å². The van der Waals surface area contributed by atoms with Gasteiger partial charge < -0.3 is 15.6 Å². The number of nitrogens with one attached hydrogen (secondary N) is 3. The first-order valence-electron chi connectivity index (χ1n) is 11.3. The molecule has 35 heavy (non-hydrogen) atoms. The summed E-state index contributed by atoms with van der Waals surface area (Å²) in [4.78, 5) is 41.9.